The SMILES string of the molecule is Cc1cccc(CN2C(=O)S/C(=C\c3ccc(OCC(=O)Nc4ccccc4)c(Cl)c3)C2=O)c1. The van der Waals surface area contributed by atoms with Gasteiger partial charge in [0.25, 0.3) is 17.1 Å². The smallest absolute Gasteiger partial charge is 0.293 e. The third kappa shape index (κ3) is 5.87. The first kappa shape index (κ1) is 23.6. The summed E-state index contributed by atoms with van der Waals surface area (Å²) in [4.78, 5) is 38.9. The van der Waals surface area contributed by atoms with E-state index in [9.17, 15) is 14.4 Å². The van der Waals surface area contributed by atoms with Crippen LogP contribution >= 0.6 is 23.4 Å². The number of nitrogens with one attached hydrogen (secondary N) is 1. The predicted molar refractivity (Wildman–Crippen MR) is 135 cm³/mol. The maximum absolute atomic E-state index is 12.8. The Morgan fingerprint density at radius 3 is 2.59 bits per heavy atom. The first-order valence-electron chi connectivity index (χ1n) is 10.5. The van der Waals surface area contributed by atoms with Crippen molar-refractivity contribution in [2.24, 2.45) is 0 Å². The topological polar surface area (TPSA) is 75.7 Å². The largest absolute Gasteiger partial charge is 0.482 e. The molecule has 0 aliphatic carbocycles. The summed E-state index contributed by atoms with van der Waals surface area (Å²) in [6, 6.07) is 21.7. The zero-order chi connectivity index (χ0) is 24.1. The van der Waals surface area contributed by atoms with Gasteiger partial charge in [-0.3, -0.25) is 19.3 Å². The van der Waals surface area contributed by atoms with Crippen molar-refractivity contribution in [2.45, 2.75) is 13.5 Å². The molecule has 0 saturated carbocycles. The molecule has 0 atom stereocenters. The summed E-state index contributed by atoms with van der Waals surface area (Å²) in [7, 11) is 0. The molecule has 0 aromatic heterocycles. The third-order valence-electron chi connectivity index (χ3n) is 4.97. The molecule has 0 radical (unpaired) electrons. The number of hydrogen-bond acceptors (Lipinski definition) is 5. The number of nitrogens with zero attached hydrogens (tertiary/aromatic N) is 1. The molecule has 8 heteroatoms. The molecule has 3 aromatic carbocycles. The van der Waals surface area contributed by atoms with Gasteiger partial charge in [-0.1, -0.05) is 65.7 Å². The van der Waals surface area contributed by atoms with Crippen molar-refractivity contribution in [1.29, 1.82) is 0 Å². The van der Waals surface area contributed by atoms with Gasteiger partial charge in [0.1, 0.15) is 5.75 Å². The minimum absolute atomic E-state index is 0.203. The van der Waals surface area contributed by atoms with Gasteiger partial charge in [0.05, 0.1) is 16.5 Å². The number of imide groups is 1. The Morgan fingerprint density at radius 2 is 1.85 bits per heavy atom. The maximum Gasteiger partial charge on any atom is 0.293 e. The number of para-hydroxylation sites is 1. The van der Waals surface area contributed by atoms with Gasteiger partial charge < -0.3 is 10.1 Å². The summed E-state index contributed by atoms with van der Waals surface area (Å²) < 4.78 is 5.53. The normalized spacial score (nSPS) is 14.5. The summed E-state index contributed by atoms with van der Waals surface area (Å²) in [6.07, 6.45) is 1.62. The number of carbonyl (C=O) groups is 3. The lowest BCUT2D eigenvalue weighted by atomic mass is 10.1. The van der Waals surface area contributed by atoms with Gasteiger partial charge in [0, 0.05) is 5.69 Å². The van der Waals surface area contributed by atoms with E-state index in [1.165, 1.54) is 4.90 Å². The zero-order valence-electron chi connectivity index (χ0n) is 18.3. The van der Waals surface area contributed by atoms with Crippen LogP contribution in [0, 0.1) is 6.92 Å². The number of thioether (sulfide) groups is 1. The fourth-order valence-corrected chi connectivity index (χ4v) is 4.45. The molecule has 6 nitrogen and oxygen atoms in total. The molecule has 4 rings (SSSR count). The molecule has 1 saturated heterocycles. The molecule has 0 unspecified atom stereocenters. The lowest BCUT2D eigenvalue weighted by Gasteiger charge is -2.12. The number of aryl methyl sites for hydroxylation is 1. The van der Waals surface area contributed by atoms with Crippen molar-refractivity contribution in [1.82, 2.24) is 4.90 Å². The highest BCUT2D eigenvalue weighted by Gasteiger charge is 2.35. The number of halogens is 1. The van der Waals surface area contributed by atoms with Gasteiger partial charge >= 0.3 is 0 Å². The number of carbonyl (C=O) groups excluding carboxylic acids is 3. The minimum atomic E-state index is -0.342. The van der Waals surface area contributed by atoms with Gasteiger partial charge in [-0.05, 0) is 60.2 Å². The van der Waals surface area contributed by atoms with E-state index in [2.05, 4.69) is 5.32 Å². The van der Waals surface area contributed by atoms with E-state index < -0.39 is 0 Å². The first-order chi connectivity index (χ1) is 16.4. The molecule has 3 aromatic rings. The second kappa shape index (κ2) is 10.6. The average molecular weight is 493 g/mol. The van der Waals surface area contributed by atoms with Crippen molar-refractivity contribution >= 4 is 52.2 Å². The Balaban J connectivity index is 1.39. The monoisotopic (exact) mass is 492 g/mol. The Hall–Kier alpha value is -3.55. The summed E-state index contributed by atoms with van der Waals surface area (Å²) in [5, 5.41) is 2.71. The molecule has 1 fully saturated rings. The zero-order valence-corrected chi connectivity index (χ0v) is 19.9. The third-order valence-corrected chi connectivity index (χ3v) is 6.17. The molecule has 1 N–H and O–H groups in total. The van der Waals surface area contributed by atoms with Crippen molar-refractivity contribution in [3.63, 3.8) is 0 Å². The lowest BCUT2D eigenvalue weighted by molar-refractivity contribution is -0.123. The van der Waals surface area contributed by atoms with E-state index >= 15 is 0 Å². The van der Waals surface area contributed by atoms with Crippen LogP contribution in [-0.2, 0) is 16.1 Å². The molecular weight excluding hydrogens is 472 g/mol. The Bertz CT molecular complexity index is 1280. The van der Waals surface area contributed by atoms with E-state index in [1.807, 2.05) is 49.4 Å². The van der Waals surface area contributed by atoms with E-state index in [0.29, 0.717) is 26.9 Å². The molecular formula is C26H21ClN2O4S. The number of ether oxygens (including phenoxy) is 1. The maximum atomic E-state index is 12.8. The van der Waals surface area contributed by atoms with E-state index in [0.717, 1.165) is 22.9 Å². The Morgan fingerprint density at radius 1 is 1.06 bits per heavy atom. The highest BCUT2D eigenvalue weighted by molar-refractivity contribution is 8.18. The Kier molecular flexibility index (Phi) is 7.35. The Labute approximate surface area is 206 Å². The molecule has 0 spiro atoms. The highest BCUT2D eigenvalue weighted by atomic mass is 35.5. The molecule has 3 amide bonds. The van der Waals surface area contributed by atoms with Gasteiger partial charge in [-0.2, -0.15) is 0 Å². The van der Waals surface area contributed by atoms with Crippen LogP contribution in [0.5, 0.6) is 5.75 Å². The lowest BCUT2D eigenvalue weighted by Crippen LogP contribution is -2.27. The van der Waals surface area contributed by atoms with E-state index in [4.69, 9.17) is 16.3 Å². The summed E-state index contributed by atoms with van der Waals surface area (Å²) in [6.45, 7) is 1.98. The van der Waals surface area contributed by atoms with Crippen LogP contribution in [-0.4, -0.2) is 28.6 Å². The second-order valence-electron chi connectivity index (χ2n) is 7.65. The van der Waals surface area contributed by atoms with Crippen LogP contribution in [0.15, 0.2) is 77.7 Å². The summed E-state index contributed by atoms with van der Waals surface area (Å²) in [5.41, 5.74) is 3.28. The van der Waals surface area contributed by atoms with Crippen LogP contribution in [0.3, 0.4) is 0 Å². The molecule has 172 valence electrons. The van der Waals surface area contributed by atoms with Gasteiger partial charge in [0.15, 0.2) is 6.61 Å². The van der Waals surface area contributed by atoms with Crippen molar-refractivity contribution < 1.29 is 19.1 Å². The van der Waals surface area contributed by atoms with Gasteiger partial charge in [-0.15, -0.1) is 0 Å². The second-order valence-corrected chi connectivity index (χ2v) is 9.05. The number of rotatable bonds is 7. The quantitative estimate of drug-likeness (QED) is 0.415. The summed E-state index contributed by atoms with van der Waals surface area (Å²) >= 11 is 7.22. The van der Waals surface area contributed by atoms with Crippen LogP contribution in [0.25, 0.3) is 6.08 Å². The van der Waals surface area contributed by atoms with Crippen molar-refractivity contribution in [3.8, 4) is 5.75 Å². The number of anilines is 1. The summed E-state index contributed by atoms with van der Waals surface area (Å²) in [5.74, 6) is -0.311. The fourth-order valence-electron chi connectivity index (χ4n) is 3.37. The van der Waals surface area contributed by atoms with Crippen LogP contribution in [0.1, 0.15) is 16.7 Å². The van der Waals surface area contributed by atoms with Crippen LogP contribution in [0.2, 0.25) is 5.02 Å². The molecule has 34 heavy (non-hydrogen) atoms. The molecule has 0 bridgehead atoms. The first-order valence-corrected chi connectivity index (χ1v) is 11.7. The van der Waals surface area contributed by atoms with Gasteiger partial charge in [-0.25, -0.2) is 0 Å². The van der Waals surface area contributed by atoms with Crippen molar-refractivity contribution in [2.75, 3.05) is 11.9 Å². The molecule has 1 heterocycles. The standard InChI is InChI=1S/C26H21ClN2O4S/c1-17-6-5-7-19(12-17)15-29-25(31)23(34-26(29)32)14-18-10-11-22(21(27)13-18)33-16-24(30)28-20-8-3-2-4-9-20/h2-14H,15-16H2,1H3,(H,28,30)/b23-14-. The number of amides is 3. The van der Waals surface area contributed by atoms with Crippen molar-refractivity contribution in [3.05, 3.63) is 99.4 Å². The fraction of sp³-hybridized carbons (Fsp3) is 0.115. The molecule has 1 aliphatic rings. The molecule has 1 aliphatic heterocycles. The average Bonchev–Trinajstić information content (AvgIpc) is 3.06. The van der Waals surface area contributed by atoms with Gasteiger partial charge in [0.2, 0.25) is 0 Å². The van der Waals surface area contributed by atoms with Crippen LogP contribution < -0.4 is 10.1 Å². The minimum Gasteiger partial charge on any atom is -0.482 e. The number of hydrogen-bond donors (Lipinski definition) is 1. The van der Waals surface area contributed by atoms with E-state index in [1.54, 1.807) is 36.4 Å². The highest BCUT2D eigenvalue weighted by Crippen LogP contribution is 2.34. The van der Waals surface area contributed by atoms with Crippen LogP contribution in [0.4, 0.5) is 10.5 Å². The number of benzene rings is 3. The van der Waals surface area contributed by atoms with E-state index in [-0.39, 0.29) is 30.2 Å². The predicted octanol–water partition coefficient (Wildman–Crippen LogP) is 5.90.